The van der Waals surface area contributed by atoms with Gasteiger partial charge in [-0.25, -0.2) is 9.78 Å². The van der Waals surface area contributed by atoms with Crippen LogP contribution in [-0.4, -0.2) is 16.9 Å². The normalized spacial score (nSPS) is 16.0. The molecule has 4 rings (SSSR count). The summed E-state index contributed by atoms with van der Waals surface area (Å²) in [5.41, 5.74) is 3.60. The lowest BCUT2D eigenvalue weighted by atomic mass is 10.1. The second-order valence-electron chi connectivity index (χ2n) is 7.13. The molecule has 1 unspecified atom stereocenters. The zero-order chi connectivity index (χ0) is 20.9. The molecule has 0 radical (unpaired) electrons. The van der Waals surface area contributed by atoms with Crippen LogP contribution in [0, 0.1) is 0 Å². The van der Waals surface area contributed by atoms with E-state index in [1.54, 1.807) is 23.1 Å². The molecule has 1 aliphatic heterocycles. The maximum absolute atomic E-state index is 13.2. The molecule has 0 saturated heterocycles. The first-order chi connectivity index (χ1) is 14.7. The second kappa shape index (κ2) is 8.74. The highest BCUT2D eigenvalue weighted by molar-refractivity contribution is 5.83. The molecular formula is C25H24N3O2+. The lowest BCUT2D eigenvalue weighted by Crippen LogP contribution is -2.44. The first kappa shape index (κ1) is 19.6. The Morgan fingerprint density at radius 1 is 1.27 bits per heavy atom. The summed E-state index contributed by atoms with van der Waals surface area (Å²) in [4.78, 5) is 18.1. The number of fused-ring (bicyclic) bond motifs is 1. The van der Waals surface area contributed by atoms with Crippen LogP contribution in [-0.2, 0) is 12.8 Å². The summed E-state index contributed by atoms with van der Waals surface area (Å²) < 4.78 is 7.14. The van der Waals surface area contributed by atoms with Gasteiger partial charge in [-0.2, -0.15) is 4.57 Å². The van der Waals surface area contributed by atoms with Gasteiger partial charge in [-0.3, -0.25) is 5.32 Å². The molecule has 0 saturated carbocycles. The number of rotatable bonds is 7. The smallest absolute Gasteiger partial charge is 0.359 e. The summed E-state index contributed by atoms with van der Waals surface area (Å²) in [5, 5.41) is 3.37. The standard InChI is InChI=1S/C25H23N3O2/c1-3-9-19(10-4-2)23-17-28-24(21(26-23)15-18-11-6-5-7-12-18)27-22(25(28)29)16-20-13-8-14-30-20/h3-14,17,22H,1,15-16H2,2H3/p+1/b10-4-,19-9+. The topological polar surface area (TPSA) is 59.0 Å². The van der Waals surface area contributed by atoms with Gasteiger partial charge in [0.15, 0.2) is 0 Å². The maximum Gasteiger partial charge on any atom is 0.359 e. The maximum atomic E-state index is 13.2. The van der Waals surface area contributed by atoms with Crippen LogP contribution in [0.1, 0.15) is 34.4 Å². The van der Waals surface area contributed by atoms with Crippen molar-refractivity contribution < 1.29 is 13.8 Å². The van der Waals surface area contributed by atoms with E-state index in [0.29, 0.717) is 12.8 Å². The number of carbonyl (C=O) groups is 1. The van der Waals surface area contributed by atoms with Crippen molar-refractivity contribution in [3.8, 4) is 0 Å². The number of allylic oxidation sites excluding steroid dienone is 5. The summed E-state index contributed by atoms with van der Waals surface area (Å²) in [6.45, 7) is 5.76. The largest absolute Gasteiger partial charge is 0.469 e. The summed E-state index contributed by atoms with van der Waals surface area (Å²) in [5.74, 6) is 1.49. The molecule has 3 heterocycles. The summed E-state index contributed by atoms with van der Waals surface area (Å²) in [6, 6.07) is 13.5. The Labute approximate surface area is 176 Å². The minimum absolute atomic E-state index is 0.0159. The Balaban J connectivity index is 1.77. The van der Waals surface area contributed by atoms with Crippen LogP contribution in [0.25, 0.3) is 5.57 Å². The van der Waals surface area contributed by atoms with Crippen LogP contribution in [0.5, 0.6) is 0 Å². The molecule has 3 aromatic rings. The third-order valence-corrected chi connectivity index (χ3v) is 5.01. The first-order valence-corrected chi connectivity index (χ1v) is 9.98. The van der Waals surface area contributed by atoms with Crippen LogP contribution in [0.2, 0.25) is 0 Å². The average molecular weight is 398 g/mol. The van der Waals surface area contributed by atoms with Crippen LogP contribution < -0.4 is 9.88 Å². The highest BCUT2D eigenvalue weighted by Crippen LogP contribution is 2.24. The van der Waals surface area contributed by atoms with Gasteiger partial charge in [0, 0.05) is 12.0 Å². The number of benzene rings is 1. The van der Waals surface area contributed by atoms with Gasteiger partial charge in [0.2, 0.25) is 6.04 Å². The van der Waals surface area contributed by atoms with Crippen LogP contribution in [0.3, 0.4) is 0 Å². The SMILES string of the molecule is C=C/C=C(\C=C/C)c1c[n+]2c(c(Cc3ccccc3)n1)NC(Cc1ccco1)C2=O. The Bertz CT molecular complexity index is 1110. The molecule has 1 N–H and O–H groups in total. The monoisotopic (exact) mass is 398 g/mol. The van der Waals surface area contributed by atoms with Crippen molar-refractivity contribution in [3.05, 3.63) is 109 Å². The molecule has 5 heteroatoms. The number of furan rings is 1. The Hall–Kier alpha value is -3.73. The fourth-order valence-electron chi connectivity index (χ4n) is 3.63. The number of hydrogen-bond acceptors (Lipinski definition) is 4. The summed E-state index contributed by atoms with van der Waals surface area (Å²) in [7, 11) is 0. The van der Waals surface area contributed by atoms with Gasteiger partial charge in [-0.15, -0.1) is 0 Å². The number of anilines is 1. The van der Waals surface area contributed by atoms with E-state index in [0.717, 1.165) is 34.1 Å². The molecule has 30 heavy (non-hydrogen) atoms. The number of nitrogens with zero attached hydrogens (tertiary/aromatic N) is 2. The highest BCUT2D eigenvalue weighted by Gasteiger charge is 2.41. The van der Waals surface area contributed by atoms with E-state index in [1.165, 1.54) is 0 Å². The van der Waals surface area contributed by atoms with Crippen molar-refractivity contribution in [2.45, 2.75) is 25.8 Å². The Morgan fingerprint density at radius 2 is 2.10 bits per heavy atom. The summed E-state index contributed by atoms with van der Waals surface area (Å²) in [6.07, 6.45) is 12.1. The average Bonchev–Trinajstić information content (AvgIpc) is 3.38. The molecular weight excluding hydrogens is 374 g/mol. The van der Waals surface area contributed by atoms with Crippen LogP contribution in [0.15, 0.2) is 90.2 Å². The third kappa shape index (κ3) is 4.01. The molecule has 5 nitrogen and oxygen atoms in total. The molecule has 2 aromatic heterocycles. The van der Waals surface area contributed by atoms with Crippen molar-refractivity contribution in [3.63, 3.8) is 0 Å². The van der Waals surface area contributed by atoms with Crippen molar-refractivity contribution >= 4 is 17.3 Å². The molecule has 0 aliphatic carbocycles. The van der Waals surface area contributed by atoms with E-state index in [2.05, 4.69) is 24.0 Å². The second-order valence-corrected chi connectivity index (χ2v) is 7.13. The minimum Gasteiger partial charge on any atom is -0.469 e. The van der Waals surface area contributed by atoms with Crippen molar-refractivity contribution in [1.82, 2.24) is 4.98 Å². The van der Waals surface area contributed by atoms with Gasteiger partial charge < -0.3 is 4.42 Å². The molecule has 0 amide bonds. The number of carbonyl (C=O) groups excluding carboxylic acids is 1. The quantitative estimate of drug-likeness (QED) is 0.474. The van der Waals surface area contributed by atoms with Crippen LogP contribution in [0.4, 0.5) is 5.82 Å². The van der Waals surface area contributed by atoms with Crippen molar-refractivity contribution in [2.75, 3.05) is 5.32 Å². The van der Waals surface area contributed by atoms with E-state index in [-0.39, 0.29) is 5.91 Å². The third-order valence-electron chi connectivity index (χ3n) is 5.01. The van der Waals surface area contributed by atoms with Gasteiger partial charge in [-0.05, 0) is 24.6 Å². The minimum atomic E-state index is -0.392. The number of hydrogen-bond donors (Lipinski definition) is 1. The molecule has 1 aromatic carbocycles. The molecule has 0 bridgehead atoms. The first-order valence-electron chi connectivity index (χ1n) is 9.98. The Morgan fingerprint density at radius 3 is 2.80 bits per heavy atom. The van der Waals surface area contributed by atoms with Crippen molar-refractivity contribution in [2.24, 2.45) is 0 Å². The fraction of sp³-hybridized carbons (Fsp3) is 0.160. The van der Waals surface area contributed by atoms with Crippen molar-refractivity contribution in [1.29, 1.82) is 0 Å². The fourth-order valence-corrected chi connectivity index (χ4v) is 3.63. The lowest BCUT2D eigenvalue weighted by molar-refractivity contribution is -0.553. The number of aromatic nitrogens is 2. The predicted octanol–water partition coefficient (Wildman–Crippen LogP) is 4.38. The molecule has 1 aliphatic rings. The van der Waals surface area contributed by atoms with Gasteiger partial charge >= 0.3 is 11.7 Å². The van der Waals surface area contributed by atoms with Gasteiger partial charge in [0.25, 0.3) is 0 Å². The zero-order valence-corrected chi connectivity index (χ0v) is 16.9. The highest BCUT2D eigenvalue weighted by atomic mass is 16.3. The molecule has 150 valence electrons. The molecule has 0 spiro atoms. The van der Waals surface area contributed by atoms with E-state index in [4.69, 9.17) is 9.40 Å². The van der Waals surface area contributed by atoms with Gasteiger partial charge in [0.1, 0.15) is 23.3 Å². The lowest BCUT2D eigenvalue weighted by Gasteiger charge is -2.07. The number of nitrogens with one attached hydrogen (secondary N) is 1. The van der Waals surface area contributed by atoms with E-state index < -0.39 is 6.04 Å². The van der Waals surface area contributed by atoms with E-state index in [1.807, 2.05) is 55.5 Å². The predicted molar refractivity (Wildman–Crippen MR) is 117 cm³/mol. The molecule has 1 atom stereocenters. The van der Waals surface area contributed by atoms with Gasteiger partial charge in [-0.1, -0.05) is 61.2 Å². The zero-order valence-electron chi connectivity index (χ0n) is 16.9. The summed E-state index contributed by atoms with van der Waals surface area (Å²) >= 11 is 0. The van der Waals surface area contributed by atoms with E-state index in [9.17, 15) is 4.79 Å². The van der Waals surface area contributed by atoms with Gasteiger partial charge in [0.05, 0.1) is 12.7 Å². The van der Waals surface area contributed by atoms with Crippen LogP contribution >= 0.6 is 0 Å². The van der Waals surface area contributed by atoms with E-state index >= 15 is 0 Å². The Kier molecular flexibility index (Phi) is 5.70. The molecule has 0 fully saturated rings.